The van der Waals surface area contributed by atoms with E-state index < -0.39 is 5.60 Å². The van der Waals surface area contributed by atoms with Crippen LogP contribution in [0.1, 0.15) is 51.1 Å². The number of fused-ring (bicyclic) bond motifs is 1. The Morgan fingerprint density at radius 2 is 2.00 bits per heavy atom. The third-order valence-electron chi connectivity index (χ3n) is 4.64. The topological polar surface area (TPSA) is 32.7 Å². The molecule has 0 bridgehead atoms. The monoisotopic (exact) mass is 287 g/mol. The van der Waals surface area contributed by atoms with E-state index in [4.69, 9.17) is 4.74 Å². The SMILES string of the molecule is CC[C@@](C)(O)/C=C1/Oc2ccccc2[C@@H]1N1CCCCC1. The second kappa shape index (κ2) is 5.82. The summed E-state index contributed by atoms with van der Waals surface area (Å²) < 4.78 is 6.07. The third-order valence-corrected chi connectivity index (χ3v) is 4.64. The van der Waals surface area contributed by atoms with Gasteiger partial charge in [-0.3, -0.25) is 4.90 Å². The van der Waals surface area contributed by atoms with Crippen molar-refractivity contribution in [3.8, 4) is 5.75 Å². The number of para-hydroxylation sites is 1. The van der Waals surface area contributed by atoms with Crippen LogP contribution in [0.5, 0.6) is 5.75 Å². The van der Waals surface area contributed by atoms with E-state index in [1.165, 1.54) is 24.8 Å². The maximum atomic E-state index is 10.4. The van der Waals surface area contributed by atoms with Gasteiger partial charge >= 0.3 is 0 Å². The van der Waals surface area contributed by atoms with Crippen molar-refractivity contribution in [2.75, 3.05) is 13.1 Å². The number of benzene rings is 1. The lowest BCUT2D eigenvalue weighted by atomic mass is 9.97. The number of hydrogen-bond donors (Lipinski definition) is 1. The molecule has 0 saturated carbocycles. The van der Waals surface area contributed by atoms with Crippen LogP contribution >= 0.6 is 0 Å². The summed E-state index contributed by atoms with van der Waals surface area (Å²) in [5, 5.41) is 10.4. The Hall–Kier alpha value is -1.32. The molecule has 3 heteroatoms. The molecular formula is C18H25NO2. The minimum Gasteiger partial charge on any atom is -0.460 e. The molecule has 1 N–H and O–H groups in total. The predicted octanol–water partition coefficient (Wildman–Crippen LogP) is 3.65. The molecule has 2 aliphatic heterocycles. The van der Waals surface area contributed by atoms with Crippen LogP contribution in [-0.2, 0) is 0 Å². The van der Waals surface area contributed by atoms with Gasteiger partial charge in [0.2, 0.25) is 0 Å². The molecule has 2 aliphatic rings. The van der Waals surface area contributed by atoms with E-state index in [1.54, 1.807) is 0 Å². The minimum absolute atomic E-state index is 0.166. The van der Waals surface area contributed by atoms with Crippen LogP contribution in [0.15, 0.2) is 36.1 Å². The fourth-order valence-corrected chi connectivity index (χ4v) is 3.21. The van der Waals surface area contributed by atoms with Crippen LogP contribution in [0.3, 0.4) is 0 Å². The van der Waals surface area contributed by atoms with E-state index >= 15 is 0 Å². The minimum atomic E-state index is -0.814. The first kappa shape index (κ1) is 14.6. The van der Waals surface area contributed by atoms with Crippen molar-refractivity contribution in [2.45, 2.75) is 51.2 Å². The van der Waals surface area contributed by atoms with E-state index in [9.17, 15) is 5.11 Å². The Balaban J connectivity index is 1.96. The summed E-state index contributed by atoms with van der Waals surface area (Å²) in [4.78, 5) is 2.49. The van der Waals surface area contributed by atoms with Gasteiger partial charge in [0.1, 0.15) is 11.5 Å². The Labute approximate surface area is 127 Å². The highest BCUT2D eigenvalue weighted by Gasteiger charge is 2.36. The van der Waals surface area contributed by atoms with Crippen LogP contribution in [0.4, 0.5) is 0 Å². The fraction of sp³-hybridized carbons (Fsp3) is 0.556. The molecule has 2 atom stereocenters. The molecule has 1 saturated heterocycles. The molecule has 0 aliphatic carbocycles. The lowest BCUT2D eigenvalue weighted by Gasteiger charge is -2.32. The molecular weight excluding hydrogens is 262 g/mol. The second-order valence-corrected chi connectivity index (χ2v) is 6.40. The van der Waals surface area contributed by atoms with E-state index in [-0.39, 0.29) is 6.04 Å². The van der Waals surface area contributed by atoms with Crippen molar-refractivity contribution in [1.29, 1.82) is 0 Å². The molecule has 21 heavy (non-hydrogen) atoms. The zero-order valence-electron chi connectivity index (χ0n) is 13.0. The Morgan fingerprint density at radius 3 is 2.71 bits per heavy atom. The quantitative estimate of drug-likeness (QED) is 0.921. The van der Waals surface area contributed by atoms with Crippen molar-refractivity contribution < 1.29 is 9.84 Å². The molecule has 3 nitrogen and oxygen atoms in total. The number of rotatable bonds is 3. The molecule has 0 unspecified atom stereocenters. The molecule has 3 rings (SSSR count). The highest BCUT2D eigenvalue weighted by atomic mass is 16.5. The summed E-state index contributed by atoms with van der Waals surface area (Å²) in [5.41, 5.74) is 0.420. The van der Waals surface area contributed by atoms with Gasteiger partial charge in [0.15, 0.2) is 0 Å². The van der Waals surface area contributed by atoms with Gasteiger partial charge < -0.3 is 9.84 Å². The van der Waals surface area contributed by atoms with Crippen molar-refractivity contribution in [3.05, 3.63) is 41.7 Å². The molecule has 1 fully saturated rings. The number of hydrogen-bond acceptors (Lipinski definition) is 3. The van der Waals surface area contributed by atoms with E-state index in [1.807, 2.05) is 32.1 Å². The first-order valence-corrected chi connectivity index (χ1v) is 8.07. The van der Waals surface area contributed by atoms with Gasteiger partial charge in [0.05, 0.1) is 11.6 Å². The highest BCUT2D eigenvalue weighted by Crippen LogP contribution is 2.44. The number of likely N-dealkylation sites (tertiary alicyclic amines) is 1. The third kappa shape index (κ3) is 2.99. The van der Waals surface area contributed by atoms with Crippen molar-refractivity contribution >= 4 is 0 Å². The lowest BCUT2D eigenvalue weighted by molar-refractivity contribution is 0.0994. The molecule has 0 spiro atoms. The van der Waals surface area contributed by atoms with E-state index in [2.05, 4.69) is 17.0 Å². The summed E-state index contributed by atoms with van der Waals surface area (Å²) in [5.74, 6) is 1.83. The summed E-state index contributed by atoms with van der Waals surface area (Å²) >= 11 is 0. The summed E-state index contributed by atoms with van der Waals surface area (Å²) in [6.07, 6.45) is 6.40. The maximum Gasteiger partial charge on any atom is 0.132 e. The Morgan fingerprint density at radius 1 is 1.29 bits per heavy atom. The van der Waals surface area contributed by atoms with Crippen molar-refractivity contribution in [3.63, 3.8) is 0 Å². The van der Waals surface area contributed by atoms with E-state index in [0.29, 0.717) is 6.42 Å². The molecule has 1 aromatic rings. The molecule has 0 amide bonds. The van der Waals surface area contributed by atoms with Gasteiger partial charge in [-0.2, -0.15) is 0 Å². The normalized spacial score (nSPS) is 27.2. The predicted molar refractivity (Wildman–Crippen MR) is 84.2 cm³/mol. The zero-order chi connectivity index (χ0) is 14.9. The van der Waals surface area contributed by atoms with Gasteiger partial charge in [-0.1, -0.05) is 31.5 Å². The fourth-order valence-electron chi connectivity index (χ4n) is 3.21. The largest absolute Gasteiger partial charge is 0.460 e. The van der Waals surface area contributed by atoms with Crippen LogP contribution < -0.4 is 4.74 Å². The van der Waals surface area contributed by atoms with Gasteiger partial charge in [0.25, 0.3) is 0 Å². The average Bonchev–Trinajstić information content (AvgIpc) is 2.85. The van der Waals surface area contributed by atoms with Crippen LogP contribution in [0, 0.1) is 0 Å². The number of nitrogens with zero attached hydrogens (tertiary/aromatic N) is 1. The molecule has 0 radical (unpaired) electrons. The van der Waals surface area contributed by atoms with Gasteiger partial charge in [-0.15, -0.1) is 0 Å². The second-order valence-electron chi connectivity index (χ2n) is 6.40. The van der Waals surface area contributed by atoms with E-state index in [0.717, 1.165) is 24.6 Å². The maximum absolute atomic E-state index is 10.4. The van der Waals surface area contributed by atoms with Crippen LogP contribution in [0.25, 0.3) is 0 Å². The Bertz CT molecular complexity index is 530. The molecule has 2 heterocycles. The summed E-state index contributed by atoms with van der Waals surface area (Å²) in [6.45, 7) is 6.05. The first-order chi connectivity index (χ1) is 10.1. The van der Waals surface area contributed by atoms with Crippen molar-refractivity contribution in [2.24, 2.45) is 0 Å². The average molecular weight is 287 g/mol. The lowest BCUT2D eigenvalue weighted by Crippen LogP contribution is -2.34. The smallest absolute Gasteiger partial charge is 0.132 e. The molecule has 0 aromatic heterocycles. The zero-order valence-corrected chi connectivity index (χ0v) is 13.0. The van der Waals surface area contributed by atoms with Crippen molar-refractivity contribution in [1.82, 2.24) is 4.90 Å². The number of aliphatic hydroxyl groups is 1. The standard InChI is InChI=1S/C18H25NO2/c1-3-18(2,20)13-16-17(19-11-7-4-8-12-19)14-9-5-6-10-15(14)21-16/h5-6,9-10,13,17,20H,3-4,7-8,11-12H2,1-2H3/b16-13+/t17-,18+/m0/s1. The highest BCUT2D eigenvalue weighted by molar-refractivity contribution is 5.46. The Kier molecular flexibility index (Phi) is 4.05. The number of ether oxygens (including phenoxy) is 1. The van der Waals surface area contributed by atoms with Gasteiger partial charge in [-0.05, 0) is 51.4 Å². The van der Waals surface area contributed by atoms with Gasteiger partial charge in [0, 0.05) is 5.56 Å². The first-order valence-electron chi connectivity index (χ1n) is 8.07. The summed E-state index contributed by atoms with van der Waals surface area (Å²) in [6, 6.07) is 8.41. The number of piperidine rings is 1. The molecule has 1 aromatic carbocycles. The summed E-state index contributed by atoms with van der Waals surface area (Å²) in [7, 11) is 0. The van der Waals surface area contributed by atoms with Crippen LogP contribution in [0.2, 0.25) is 0 Å². The van der Waals surface area contributed by atoms with Crippen LogP contribution in [-0.4, -0.2) is 28.7 Å². The van der Waals surface area contributed by atoms with Gasteiger partial charge in [-0.25, -0.2) is 0 Å². The molecule has 114 valence electrons.